The van der Waals surface area contributed by atoms with Crippen molar-refractivity contribution in [1.82, 2.24) is 5.43 Å². The molecule has 0 saturated heterocycles. The summed E-state index contributed by atoms with van der Waals surface area (Å²) in [5.74, 6) is 0.263. The van der Waals surface area contributed by atoms with Gasteiger partial charge in [-0.1, -0.05) is 48.0 Å². The SMILES string of the molecule is Cc1cc(OC(C)C(=O)NN=CC=Cc2ccccc2)ccc1Cl. The van der Waals surface area contributed by atoms with Gasteiger partial charge in [-0.25, -0.2) is 5.43 Å². The summed E-state index contributed by atoms with van der Waals surface area (Å²) in [6, 6.07) is 15.1. The van der Waals surface area contributed by atoms with Crippen molar-refractivity contribution in [3.63, 3.8) is 0 Å². The van der Waals surface area contributed by atoms with Crippen LogP contribution < -0.4 is 10.2 Å². The molecule has 2 aromatic rings. The molecule has 0 aliphatic carbocycles. The number of hydrogen-bond donors (Lipinski definition) is 1. The quantitative estimate of drug-likeness (QED) is 0.631. The molecule has 0 radical (unpaired) electrons. The highest BCUT2D eigenvalue weighted by molar-refractivity contribution is 6.31. The third-order valence-electron chi connectivity index (χ3n) is 3.24. The number of rotatable bonds is 6. The zero-order chi connectivity index (χ0) is 17.4. The summed E-state index contributed by atoms with van der Waals surface area (Å²) in [4.78, 5) is 11.9. The number of nitrogens with one attached hydrogen (secondary N) is 1. The van der Waals surface area contributed by atoms with Gasteiger partial charge in [-0.2, -0.15) is 5.10 Å². The summed E-state index contributed by atoms with van der Waals surface area (Å²) in [5, 5.41) is 4.53. The number of allylic oxidation sites excluding steroid dienone is 1. The Labute approximate surface area is 146 Å². The molecule has 1 N–H and O–H groups in total. The average molecular weight is 343 g/mol. The lowest BCUT2D eigenvalue weighted by atomic mass is 10.2. The van der Waals surface area contributed by atoms with Gasteiger partial charge in [0.05, 0.1) is 0 Å². The molecule has 4 nitrogen and oxygen atoms in total. The molecular formula is C19H19ClN2O2. The fourth-order valence-electron chi connectivity index (χ4n) is 1.90. The molecule has 24 heavy (non-hydrogen) atoms. The molecule has 2 aromatic carbocycles. The second-order valence-electron chi connectivity index (χ2n) is 5.20. The lowest BCUT2D eigenvalue weighted by Gasteiger charge is -2.13. The number of hydrogen-bond acceptors (Lipinski definition) is 3. The maximum atomic E-state index is 11.9. The first-order valence-electron chi connectivity index (χ1n) is 7.53. The predicted octanol–water partition coefficient (Wildman–Crippen LogP) is 4.23. The zero-order valence-electron chi connectivity index (χ0n) is 13.6. The smallest absolute Gasteiger partial charge is 0.280 e. The van der Waals surface area contributed by atoms with Crippen LogP contribution in [0.3, 0.4) is 0 Å². The molecule has 0 aliphatic heterocycles. The second kappa shape index (κ2) is 8.89. The average Bonchev–Trinajstić information content (AvgIpc) is 2.58. The van der Waals surface area contributed by atoms with Crippen LogP contribution in [-0.2, 0) is 4.79 Å². The van der Waals surface area contributed by atoms with E-state index in [1.165, 1.54) is 6.21 Å². The fourth-order valence-corrected chi connectivity index (χ4v) is 2.02. The van der Waals surface area contributed by atoms with Gasteiger partial charge >= 0.3 is 0 Å². The van der Waals surface area contributed by atoms with Crippen molar-refractivity contribution in [1.29, 1.82) is 0 Å². The molecular weight excluding hydrogens is 324 g/mol. The van der Waals surface area contributed by atoms with E-state index in [1.54, 1.807) is 31.2 Å². The Balaban J connectivity index is 1.82. The van der Waals surface area contributed by atoms with E-state index in [9.17, 15) is 4.79 Å². The summed E-state index contributed by atoms with van der Waals surface area (Å²) in [5.41, 5.74) is 4.40. The number of carbonyl (C=O) groups is 1. The molecule has 0 bridgehead atoms. The summed E-state index contributed by atoms with van der Waals surface area (Å²) in [6.45, 7) is 3.54. The third kappa shape index (κ3) is 5.56. The molecule has 0 spiro atoms. The molecule has 0 saturated carbocycles. The number of nitrogens with zero attached hydrogens (tertiary/aromatic N) is 1. The highest BCUT2D eigenvalue weighted by Crippen LogP contribution is 2.21. The van der Waals surface area contributed by atoms with Crippen LogP contribution in [0.25, 0.3) is 6.08 Å². The Morgan fingerprint density at radius 1 is 1.25 bits per heavy atom. The standard InChI is InChI=1S/C19H19ClN2O2/c1-14-13-17(10-11-18(14)20)24-15(2)19(23)22-21-12-6-9-16-7-4-3-5-8-16/h3-13,15H,1-2H3,(H,22,23). The molecule has 1 unspecified atom stereocenters. The minimum atomic E-state index is -0.666. The van der Waals surface area contributed by atoms with Crippen LogP contribution in [-0.4, -0.2) is 18.2 Å². The van der Waals surface area contributed by atoms with Crippen molar-refractivity contribution >= 4 is 29.8 Å². The third-order valence-corrected chi connectivity index (χ3v) is 3.66. The van der Waals surface area contributed by atoms with Gasteiger partial charge in [-0.05, 0) is 49.2 Å². The largest absolute Gasteiger partial charge is 0.481 e. The van der Waals surface area contributed by atoms with Crippen molar-refractivity contribution in [3.05, 3.63) is 70.8 Å². The van der Waals surface area contributed by atoms with Crippen LogP contribution in [0.15, 0.2) is 59.7 Å². The summed E-state index contributed by atoms with van der Waals surface area (Å²) < 4.78 is 5.58. The Bertz CT molecular complexity index is 742. The summed E-state index contributed by atoms with van der Waals surface area (Å²) in [6.07, 6.45) is 4.50. The molecule has 1 atom stereocenters. The maximum absolute atomic E-state index is 11.9. The van der Waals surface area contributed by atoms with Crippen LogP contribution >= 0.6 is 11.6 Å². The molecule has 5 heteroatoms. The monoisotopic (exact) mass is 342 g/mol. The van der Waals surface area contributed by atoms with Gasteiger partial charge in [0.2, 0.25) is 0 Å². The first kappa shape index (κ1) is 17.8. The number of aryl methyl sites for hydroxylation is 1. The van der Waals surface area contributed by atoms with Gasteiger partial charge in [0, 0.05) is 11.2 Å². The number of hydrazone groups is 1. The second-order valence-corrected chi connectivity index (χ2v) is 5.60. The van der Waals surface area contributed by atoms with Gasteiger partial charge in [0.25, 0.3) is 5.91 Å². The Hall–Kier alpha value is -2.59. The van der Waals surface area contributed by atoms with Crippen molar-refractivity contribution in [2.24, 2.45) is 5.10 Å². The van der Waals surface area contributed by atoms with E-state index in [-0.39, 0.29) is 5.91 Å². The van der Waals surface area contributed by atoms with E-state index in [0.29, 0.717) is 10.8 Å². The van der Waals surface area contributed by atoms with E-state index >= 15 is 0 Å². The van der Waals surface area contributed by atoms with Gasteiger partial charge in [-0.3, -0.25) is 4.79 Å². The van der Waals surface area contributed by atoms with Crippen molar-refractivity contribution in [2.45, 2.75) is 20.0 Å². The molecule has 0 heterocycles. The van der Waals surface area contributed by atoms with E-state index in [2.05, 4.69) is 10.5 Å². The molecule has 1 amide bonds. The normalized spacial score (nSPS) is 12.5. The predicted molar refractivity (Wildman–Crippen MR) is 98.4 cm³/mol. The summed E-state index contributed by atoms with van der Waals surface area (Å²) >= 11 is 5.96. The Kier molecular flexibility index (Phi) is 6.58. The van der Waals surface area contributed by atoms with Crippen LogP contribution in [0.1, 0.15) is 18.1 Å². The number of ether oxygens (including phenoxy) is 1. The molecule has 124 valence electrons. The fraction of sp³-hybridized carbons (Fsp3) is 0.158. The van der Waals surface area contributed by atoms with Gasteiger partial charge in [0.1, 0.15) is 5.75 Å². The van der Waals surface area contributed by atoms with Crippen LogP contribution in [0, 0.1) is 6.92 Å². The Morgan fingerprint density at radius 3 is 2.71 bits per heavy atom. The minimum absolute atomic E-state index is 0.327. The van der Waals surface area contributed by atoms with Crippen molar-refractivity contribution in [3.8, 4) is 5.75 Å². The number of amides is 1. The topological polar surface area (TPSA) is 50.7 Å². The Morgan fingerprint density at radius 2 is 2.00 bits per heavy atom. The van der Waals surface area contributed by atoms with E-state index in [1.807, 2.05) is 43.3 Å². The van der Waals surface area contributed by atoms with E-state index in [0.717, 1.165) is 11.1 Å². The number of carbonyl (C=O) groups excluding carboxylic acids is 1. The highest BCUT2D eigenvalue weighted by Gasteiger charge is 2.14. The minimum Gasteiger partial charge on any atom is -0.481 e. The van der Waals surface area contributed by atoms with Crippen LogP contribution in [0.5, 0.6) is 5.75 Å². The number of benzene rings is 2. The lowest BCUT2D eigenvalue weighted by molar-refractivity contribution is -0.127. The first-order chi connectivity index (χ1) is 11.6. The van der Waals surface area contributed by atoms with Gasteiger partial charge in [0.15, 0.2) is 6.10 Å². The van der Waals surface area contributed by atoms with E-state index < -0.39 is 6.10 Å². The first-order valence-corrected chi connectivity index (χ1v) is 7.91. The van der Waals surface area contributed by atoms with Crippen LogP contribution in [0.2, 0.25) is 5.02 Å². The lowest BCUT2D eigenvalue weighted by Crippen LogP contribution is -2.33. The highest BCUT2D eigenvalue weighted by atomic mass is 35.5. The van der Waals surface area contributed by atoms with E-state index in [4.69, 9.17) is 16.3 Å². The van der Waals surface area contributed by atoms with Gasteiger partial charge in [-0.15, -0.1) is 0 Å². The van der Waals surface area contributed by atoms with Crippen LogP contribution in [0.4, 0.5) is 0 Å². The maximum Gasteiger partial charge on any atom is 0.280 e. The van der Waals surface area contributed by atoms with Crippen molar-refractivity contribution < 1.29 is 9.53 Å². The van der Waals surface area contributed by atoms with Crippen molar-refractivity contribution in [2.75, 3.05) is 0 Å². The van der Waals surface area contributed by atoms with Gasteiger partial charge < -0.3 is 4.74 Å². The number of halogens is 1. The molecule has 2 rings (SSSR count). The molecule has 0 fully saturated rings. The molecule has 0 aliphatic rings. The zero-order valence-corrected chi connectivity index (χ0v) is 14.3. The molecule has 0 aromatic heterocycles. The summed E-state index contributed by atoms with van der Waals surface area (Å²) in [7, 11) is 0.